The summed E-state index contributed by atoms with van der Waals surface area (Å²) in [5.41, 5.74) is 2.15. The summed E-state index contributed by atoms with van der Waals surface area (Å²) in [6.07, 6.45) is 0.690. The predicted molar refractivity (Wildman–Crippen MR) is 151 cm³/mol. The molecule has 200 valence electrons. The van der Waals surface area contributed by atoms with E-state index < -0.39 is 17.5 Å². The van der Waals surface area contributed by atoms with E-state index in [-0.39, 0.29) is 24.3 Å². The monoisotopic (exact) mass is 534 g/mol. The molecule has 0 spiro atoms. The first-order valence-corrected chi connectivity index (χ1v) is 13.3. The molecule has 0 aliphatic heterocycles. The van der Waals surface area contributed by atoms with Crippen LogP contribution >= 0.6 is 11.3 Å². The second-order valence-electron chi connectivity index (χ2n) is 9.69. The van der Waals surface area contributed by atoms with Crippen LogP contribution in [0.15, 0.2) is 66.0 Å². The van der Waals surface area contributed by atoms with E-state index >= 15 is 0 Å². The number of carbonyl (C=O) groups is 4. The molecule has 1 atom stereocenters. The number of amides is 4. The smallest absolute Gasteiger partial charge is 0.261 e. The van der Waals surface area contributed by atoms with Gasteiger partial charge in [-0.05, 0) is 68.5 Å². The highest BCUT2D eigenvalue weighted by Gasteiger charge is 2.35. The van der Waals surface area contributed by atoms with Crippen molar-refractivity contribution in [1.82, 2.24) is 10.6 Å². The Balaban J connectivity index is 2.04. The number of hydrogen-bond donors (Lipinski definition) is 3. The van der Waals surface area contributed by atoms with Crippen LogP contribution in [0.2, 0.25) is 0 Å². The Morgan fingerprint density at radius 2 is 1.63 bits per heavy atom. The molecule has 1 aromatic heterocycles. The molecule has 0 bridgehead atoms. The fraction of sp³-hybridized carbons (Fsp3) is 0.310. The maximum absolute atomic E-state index is 13.8. The van der Waals surface area contributed by atoms with Gasteiger partial charge in [0.1, 0.15) is 6.04 Å². The first kappa shape index (κ1) is 28.6. The summed E-state index contributed by atoms with van der Waals surface area (Å²) in [5, 5.41) is 10.2. The van der Waals surface area contributed by atoms with Gasteiger partial charge >= 0.3 is 0 Å². The van der Waals surface area contributed by atoms with E-state index in [1.165, 1.54) is 23.2 Å². The van der Waals surface area contributed by atoms with Gasteiger partial charge in [-0.15, -0.1) is 11.3 Å². The number of anilines is 2. The Morgan fingerprint density at radius 1 is 0.974 bits per heavy atom. The summed E-state index contributed by atoms with van der Waals surface area (Å²) in [5.74, 6) is -1.39. The van der Waals surface area contributed by atoms with Crippen molar-refractivity contribution in [2.24, 2.45) is 0 Å². The van der Waals surface area contributed by atoms with Crippen LogP contribution < -0.4 is 20.9 Å². The molecule has 3 aromatic rings. The van der Waals surface area contributed by atoms with Gasteiger partial charge in [-0.3, -0.25) is 24.1 Å². The Labute approximate surface area is 227 Å². The summed E-state index contributed by atoms with van der Waals surface area (Å²) >= 11 is 1.28. The van der Waals surface area contributed by atoms with Gasteiger partial charge < -0.3 is 16.0 Å². The molecule has 3 N–H and O–H groups in total. The van der Waals surface area contributed by atoms with Crippen molar-refractivity contribution in [3.63, 3.8) is 0 Å². The number of nitrogens with zero attached hydrogens (tertiary/aromatic N) is 1. The van der Waals surface area contributed by atoms with Crippen LogP contribution in [-0.4, -0.2) is 35.7 Å². The molecule has 3 rings (SSSR count). The highest BCUT2D eigenvalue weighted by molar-refractivity contribution is 7.12. The van der Waals surface area contributed by atoms with Crippen LogP contribution in [0.25, 0.3) is 0 Å². The fourth-order valence-corrected chi connectivity index (χ4v) is 4.38. The van der Waals surface area contributed by atoms with Crippen LogP contribution in [0.3, 0.4) is 0 Å². The van der Waals surface area contributed by atoms with E-state index in [2.05, 4.69) is 16.0 Å². The molecule has 0 aliphatic rings. The van der Waals surface area contributed by atoms with Crippen molar-refractivity contribution in [2.45, 2.75) is 52.6 Å². The second kappa shape index (κ2) is 12.5. The van der Waals surface area contributed by atoms with Crippen LogP contribution in [-0.2, 0) is 14.4 Å². The van der Waals surface area contributed by atoms with Crippen molar-refractivity contribution in [1.29, 1.82) is 0 Å². The fourth-order valence-electron chi connectivity index (χ4n) is 3.74. The number of rotatable bonds is 10. The topological polar surface area (TPSA) is 108 Å². The molecule has 0 radical (unpaired) electrons. The highest BCUT2D eigenvalue weighted by Crippen LogP contribution is 2.30. The number of aryl methyl sites for hydroxylation is 1. The van der Waals surface area contributed by atoms with Crippen LogP contribution in [0.1, 0.15) is 61.0 Å². The summed E-state index contributed by atoms with van der Waals surface area (Å²) < 4.78 is 0. The van der Waals surface area contributed by atoms with Gasteiger partial charge in [-0.25, -0.2) is 0 Å². The second-order valence-corrected chi connectivity index (χ2v) is 10.6. The van der Waals surface area contributed by atoms with Crippen LogP contribution in [0, 0.1) is 6.92 Å². The van der Waals surface area contributed by atoms with Crippen molar-refractivity contribution < 1.29 is 19.2 Å². The maximum Gasteiger partial charge on any atom is 0.261 e. The molecule has 2 aromatic carbocycles. The van der Waals surface area contributed by atoms with Crippen LogP contribution in [0.5, 0.6) is 0 Å². The average Bonchev–Trinajstić information content (AvgIpc) is 3.41. The molecular formula is C29H34N4O4S. The van der Waals surface area contributed by atoms with Crippen molar-refractivity contribution in [3.05, 3.63) is 82.0 Å². The number of hydrogen-bond acceptors (Lipinski definition) is 5. The molecule has 0 aliphatic carbocycles. The standard InChI is InChI=1S/C29H34N4O4S/c1-6-29(4,5)32-28(37)26(21-11-9-19(2)10-12-21)33(23-15-13-22(14-16-23)31-20(3)34)25(35)18-30-27(36)24-8-7-17-38-24/h7-17,26H,6,18H2,1-5H3,(H,30,36)(H,31,34)(H,32,37). The van der Waals surface area contributed by atoms with Gasteiger partial charge in [-0.1, -0.05) is 42.8 Å². The number of thiophene rings is 1. The van der Waals surface area contributed by atoms with Gasteiger partial charge in [0.15, 0.2) is 0 Å². The minimum atomic E-state index is -1.00. The Morgan fingerprint density at radius 3 is 2.18 bits per heavy atom. The van der Waals surface area contributed by atoms with Crippen LogP contribution in [0.4, 0.5) is 11.4 Å². The molecule has 1 unspecified atom stereocenters. The van der Waals surface area contributed by atoms with Crippen molar-refractivity contribution >= 4 is 46.3 Å². The average molecular weight is 535 g/mol. The number of benzene rings is 2. The Kier molecular flexibility index (Phi) is 9.41. The summed E-state index contributed by atoms with van der Waals surface area (Å²) in [4.78, 5) is 53.5. The van der Waals surface area contributed by atoms with Crippen molar-refractivity contribution in [3.8, 4) is 0 Å². The van der Waals surface area contributed by atoms with E-state index in [4.69, 9.17) is 0 Å². The zero-order valence-electron chi connectivity index (χ0n) is 22.3. The van der Waals surface area contributed by atoms with Gasteiger partial charge in [-0.2, -0.15) is 0 Å². The van der Waals surface area contributed by atoms with E-state index in [9.17, 15) is 19.2 Å². The van der Waals surface area contributed by atoms with Crippen molar-refractivity contribution in [2.75, 3.05) is 16.8 Å². The SMILES string of the molecule is CCC(C)(C)NC(=O)C(c1ccc(C)cc1)N(C(=O)CNC(=O)c1cccs1)c1ccc(NC(C)=O)cc1. The first-order chi connectivity index (χ1) is 18.0. The maximum atomic E-state index is 13.8. The lowest BCUT2D eigenvalue weighted by molar-refractivity contribution is -0.127. The Bertz CT molecular complexity index is 1270. The summed E-state index contributed by atoms with van der Waals surface area (Å²) in [6, 6.07) is 16.6. The lowest BCUT2D eigenvalue weighted by atomic mass is 9.97. The molecular weight excluding hydrogens is 500 g/mol. The lowest BCUT2D eigenvalue weighted by Gasteiger charge is -2.34. The molecule has 9 heteroatoms. The molecule has 4 amide bonds. The third kappa shape index (κ3) is 7.52. The highest BCUT2D eigenvalue weighted by atomic mass is 32.1. The third-order valence-electron chi connectivity index (χ3n) is 6.12. The zero-order valence-corrected chi connectivity index (χ0v) is 23.1. The summed E-state index contributed by atoms with van der Waals surface area (Å²) in [7, 11) is 0. The van der Waals surface area contributed by atoms with E-state index in [1.807, 2.05) is 52.0 Å². The normalized spacial score (nSPS) is 11.8. The lowest BCUT2D eigenvalue weighted by Crippen LogP contribution is -2.52. The minimum Gasteiger partial charge on any atom is -0.349 e. The van der Waals surface area contributed by atoms with Gasteiger partial charge in [0, 0.05) is 23.8 Å². The molecule has 0 saturated carbocycles. The Hall–Kier alpha value is -3.98. The predicted octanol–water partition coefficient (Wildman–Crippen LogP) is 4.82. The first-order valence-electron chi connectivity index (χ1n) is 12.4. The zero-order chi connectivity index (χ0) is 27.9. The van der Waals surface area contributed by atoms with Gasteiger partial charge in [0.05, 0.1) is 11.4 Å². The van der Waals surface area contributed by atoms with Gasteiger partial charge in [0.2, 0.25) is 17.7 Å². The van der Waals surface area contributed by atoms with E-state index in [0.29, 0.717) is 28.2 Å². The third-order valence-corrected chi connectivity index (χ3v) is 6.99. The molecule has 38 heavy (non-hydrogen) atoms. The van der Waals surface area contributed by atoms with E-state index in [0.717, 1.165) is 5.56 Å². The number of nitrogens with one attached hydrogen (secondary N) is 3. The molecule has 0 saturated heterocycles. The molecule has 1 heterocycles. The summed E-state index contributed by atoms with van der Waals surface area (Å²) in [6.45, 7) is 8.87. The molecule has 8 nitrogen and oxygen atoms in total. The largest absolute Gasteiger partial charge is 0.349 e. The molecule has 0 fully saturated rings. The quantitative estimate of drug-likeness (QED) is 0.346. The van der Waals surface area contributed by atoms with E-state index in [1.54, 1.807) is 41.8 Å². The minimum absolute atomic E-state index is 0.222. The van der Waals surface area contributed by atoms with Gasteiger partial charge in [0.25, 0.3) is 5.91 Å². The number of carbonyl (C=O) groups excluding carboxylic acids is 4.